The van der Waals surface area contributed by atoms with E-state index in [1.807, 2.05) is 0 Å². The summed E-state index contributed by atoms with van der Waals surface area (Å²) in [4.78, 5) is 30.1. The molecule has 1 aliphatic rings. The first-order valence-electron chi connectivity index (χ1n) is 10.4. The van der Waals surface area contributed by atoms with Crippen LogP contribution in [0, 0.1) is 0 Å². The largest absolute Gasteiger partial charge is 0.433 e. The number of hydrogen-bond donors (Lipinski definition) is 1. The van der Waals surface area contributed by atoms with Crippen LogP contribution in [0.4, 0.5) is 13.2 Å². The fraction of sp³-hybridized carbons (Fsp3) is 0.261. The van der Waals surface area contributed by atoms with Crippen LogP contribution in [0.15, 0.2) is 60.0 Å². The minimum Gasteiger partial charge on any atom is -0.393 e. The summed E-state index contributed by atoms with van der Waals surface area (Å²) in [5.41, 5.74) is 0.700. The van der Waals surface area contributed by atoms with Crippen LogP contribution in [0.25, 0.3) is 33.4 Å². The Hall–Kier alpha value is -3.66. The molecule has 2 atom stereocenters. The molecule has 1 saturated carbocycles. The Bertz CT molecular complexity index is 1370. The van der Waals surface area contributed by atoms with Crippen molar-refractivity contribution in [2.45, 2.75) is 37.6 Å². The van der Waals surface area contributed by atoms with E-state index in [-0.39, 0.29) is 17.0 Å². The summed E-state index contributed by atoms with van der Waals surface area (Å²) in [5.74, 6) is 0. The molecule has 0 aliphatic heterocycles. The maximum absolute atomic E-state index is 13.4. The SMILES string of the molecule is O=c1c2cc(-c3ccc(C(F)(F)F)nc3)nc(-c3cccnc3)c2ncn1C1CCC(O)C1. The Balaban J connectivity index is 1.71. The van der Waals surface area contributed by atoms with E-state index in [1.165, 1.54) is 23.0 Å². The van der Waals surface area contributed by atoms with E-state index >= 15 is 0 Å². The molecule has 4 heterocycles. The predicted octanol–water partition coefficient (Wildman–Crippen LogP) is 4.02. The third-order valence-corrected chi connectivity index (χ3v) is 5.82. The quantitative estimate of drug-likeness (QED) is 0.504. The molecule has 0 amide bonds. The second kappa shape index (κ2) is 8.04. The molecule has 0 bridgehead atoms. The van der Waals surface area contributed by atoms with E-state index in [1.54, 1.807) is 24.5 Å². The standard InChI is InChI=1S/C23H18F3N5O2/c24-23(25,26)19-6-3-13(11-28-19)18-9-17-21(20(30-18)14-2-1-7-27-10-14)29-12-31(22(17)33)15-4-5-16(32)8-15/h1-3,6-7,9-12,15-16,32H,4-5,8H2. The van der Waals surface area contributed by atoms with Crippen molar-refractivity contribution < 1.29 is 18.3 Å². The average molecular weight is 453 g/mol. The molecule has 0 saturated heterocycles. The smallest absolute Gasteiger partial charge is 0.393 e. The van der Waals surface area contributed by atoms with Gasteiger partial charge in [0.2, 0.25) is 0 Å². The summed E-state index contributed by atoms with van der Waals surface area (Å²) in [5, 5.41) is 10.2. The Kier molecular flexibility index (Phi) is 5.16. The van der Waals surface area contributed by atoms with Crippen molar-refractivity contribution >= 4 is 10.9 Å². The minimum absolute atomic E-state index is 0.171. The second-order valence-electron chi connectivity index (χ2n) is 8.00. The number of nitrogens with zero attached hydrogens (tertiary/aromatic N) is 5. The van der Waals surface area contributed by atoms with Gasteiger partial charge in [-0.3, -0.25) is 19.3 Å². The van der Waals surface area contributed by atoms with Gasteiger partial charge in [-0.05, 0) is 49.6 Å². The third-order valence-electron chi connectivity index (χ3n) is 5.82. The minimum atomic E-state index is -4.56. The molecule has 4 aromatic heterocycles. The number of aliphatic hydroxyl groups is 1. The monoisotopic (exact) mass is 453 g/mol. The zero-order valence-corrected chi connectivity index (χ0v) is 17.2. The third kappa shape index (κ3) is 3.97. The summed E-state index contributed by atoms with van der Waals surface area (Å²) in [6.45, 7) is 0. The maximum Gasteiger partial charge on any atom is 0.433 e. The van der Waals surface area contributed by atoms with Crippen LogP contribution in [-0.2, 0) is 6.18 Å². The molecule has 0 aromatic carbocycles. The first-order chi connectivity index (χ1) is 15.8. The van der Waals surface area contributed by atoms with Gasteiger partial charge in [-0.1, -0.05) is 0 Å². The summed E-state index contributed by atoms with van der Waals surface area (Å²) in [6, 6.07) is 7.00. The Morgan fingerprint density at radius 3 is 2.55 bits per heavy atom. The first kappa shape index (κ1) is 21.2. The molecule has 4 aromatic rings. The summed E-state index contributed by atoms with van der Waals surface area (Å²) < 4.78 is 40.3. The van der Waals surface area contributed by atoms with Crippen LogP contribution in [0.3, 0.4) is 0 Å². The highest BCUT2D eigenvalue weighted by Crippen LogP contribution is 2.32. The van der Waals surface area contributed by atoms with Crippen LogP contribution < -0.4 is 5.56 Å². The van der Waals surface area contributed by atoms with Gasteiger partial charge in [0.1, 0.15) is 11.2 Å². The van der Waals surface area contributed by atoms with E-state index in [2.05, 4.69) is 19.9 Å². The van der Waals surface area contributed by atoms with Crippen LogP contribution in [-0.4, -0.2) is 35.7 Å². The number of halogens is 3. The van der Waals surface area contributed by atoms with Crippen molar-refractivity contribution in [1.82, 2.24) is 24.5 Å². The molecule has 10 heteroatoms. The molecule has 33 heavy (non-hydrogen) atoms. The fourth-order valence-corrected chi connectivity index (χ4v) is 4.16. The van der Waals surface area contributed by atoms with E-state index < -0.39 is 18.0 Å². The van der Waals surface area contributed by atoms with Crippen LogP contribution >= 0.6 is 0 Å². The lowest BCUT2D eigenvalue weighted by Crippen LogP contribution is -2.24. The van der Waals surface area contributed by atoms with Crippen molar-refractivity contribution in [3.8, 4) is 22.5 Å². The van der Waals surface area contributed by atoms with Gasteiger partial charge in [0.05, 0.1) is 29.2 Å². The molecule has 168 valence electrons. The van der Waals surface area contributed by atoms with E-state index in [0.717, 1.165) is 12.3 Å². The van der Waals surface area contributed by atoms with Gasteiger partial charge in [-0.15, -0.1) is 0 Å². The van der Waals surface area contributed by atoms with Crippen molar-refractivity contribution in [3.05, 3.63) is 71.3 Å². The van der Waals surface area contributed by atoms with Gasteiger partial charge >= 0.3 is 6.18 Å². The topological polar surface area (TPSA) is 93.8 Å². The Labute approximate surface area is 185 Å². The molecule has 1 aliphatic carbocycles. The van der Waals surface area contributed by atoms with Gasteiger partial charge in [0.25, 0.3) is 5.56 Å². The highest BCUT2D eigenvalue weighted by molar-refractivity contribution is 5.93. The van der Waals surface area contributed by atoms with Crippen molar-refractivity contribution in [1.29, 1.82) is 0 Å². The molecular weight excluding hydrogens is 435 g/mol. The van der Waals surface area contributed by atoms with Gasteiger partial charge in [0, 0.05) is 35.8 Å². The lowest BCUT2D eigenvalue weighted by atomic mass is 10.1. The number of alkyl halides is 3. The van der Waals surface area contributed by atoms with Crippen LogP contribution in [0.1, 0.15) is 31.0 Å². The molecule has 5 rings (SSSR count). The predicted molar refractivity (Wildman–Crippen MR) is 114 cm³/mol. The van der Waals surface area contributed by atoms with Crippen molar-refractivity contribution in [2.75, 3.05) is 0 Å². The van der Waals surface area contributed by atoms with Gasteiger partial charge in [0.15, 0.2) is 0 Å². The van der Waals surface area contributed by atoms with Gasteiger partial charge in [-0.2, -0.15) is 13.2 Å². The fourth-order valence-electron chi connectivity index (χ4n) is 4.16. The number of aromatic nitrogens is 5. The molecule has 0 radical (unpaired) electrons. The summed E-state index contributed by atoms with van der Waals surface area (Å²) in [6.07, 6.45) is 2.44. The lowest BCUT2D eigenvalue weighted by Gasteiger charge is -2.15. The maximum atomic E-state index is 13.4. The summed E-state index contributed by atoms with van der Waals surface area (Å²) in [7, 11) is 0. The first-order valence-corrected chi connectivity index (χ1v) is 10.4. The van der Waals surface area contributed by atoms with Crippen LogP contribution in [0.5, 0.6) is 0 Å². The highest BCUT2D eigenvalue weighted by Gasteiger charge is 2.32. The summed E-state index contributed by atoms with van der Waals surface area (Å²) >= 11 is 0. The number of rotatable bonds is 3. The van der Waals surface area contributed by atoms with E-state index in [4.69, 9.17) is 0 Å². The average Bonchev–Trinajstić information content (AvgIpc) is 3.25. The zero-order chi connectivity index (χ0) is 23.2. The van der Waals surface area contributed by atoms with Gasteiger partial charge < -0.3 is 5.11 Å². The number of hydrogen-bond acceptors (Lipinski definition) is 6. The molecule has 2 unspecified atom stereocenters. The normalized spacial score (nSPS) is 18.7. The van der Waals surface area contributed by atoms with Crippen molar-refractivity contribution in [3.63, 3.8) is 0 Å². The van der Waals surface area contributed by atoms with E-state index in [9.17, 15) is 23.1 Å². The molecule has 0 spiro atoms. The molecule has 1 fully saturated rings. The Morgan fingerprint density at radius 2 is 1.91 bits per heavy atom. The number of pyridine rings is 3. The zero-order valence-electron chi connectivity index (χ0n) is 17.2. The van der Waals surface area contributed by atoms with Gasteiger partial charge in [-0.25, -0.2) is 9.97 Å². The van der Waals surface area contributed by atoms with Crippen molar-refractivity contribution in [2.24, 2.45) is 0 Å². The van der Waals surface area contributed by atoms with Crippen LogP contribution in [0.2, 0.25) is 0 Å². The molecule has 1 N–H and O–H groups in total. The number of aliphatic hydroxyl groups excluding tert-OH is 1. The number of fused-ring (bicyclic) bond motifs is 1. The van der Waals surface area contributed by atoms with E-state index in [0.29, 0.717) is 47.3 Å². The molecule has 7 nitrogen and oxygen atoms in total. The molecular formula is C23H18F3N5O2. The lowest BCUT2D eigenvalue weighted by molar-refractivity contribution is -0.141. The highest BCUT2D eigenvalue weighted by atomic mass is 19.4. The Morgan fingerprint density at radius 1 is 1.06 bits per heavy atom. The second-order valence-corrected chi connectivity index (χ2v) is 8.00.